The van der Waals surface area contributed by atoms with Gasteiger partial charge < -0.3 is 5.32 Å². The van der Waals surface area contributed by atoms with E-state index in [2.05, 4.69) is 31.2 Å². The number of hydrogen-bond acceptors (Lipinski definition) is 2. The summed E-state index contributed by atoms with van der Waals surface area (Å²) in [4.78, 5) is 12.2. The van der Waals surface area contributed by atoms with Gasteiger partial charge in [0.1, 0.15) is 0 Å². The van der Waals surface area contributed by atoms with Crippen LogP contribution in [0.5, 0.6) is 0 Å². The number of hydrogen-bond donors (Lipinski definition) is 1. The number of nitrogens with one attached hydrogen (secondary N) is 1. The highest BCUT2D eigenvalue weighted by Gasteiger charge is 2.24. The highest BCUT2D eigenvalue weighted by Crippen LogP contribution is 2.28. The van der Waals surface area contributed by atoms with E-state index in [9.17, 15) is 4.79 Å². The quantitative estimate of drug-likeness (QED) is 0.932. The van der Waals surface area contributed by atoms with Crippen LogP contribution in [0.4, 0.5) is 0 Å². The third-order valence-electron chi connectivity index (χ3n) is 3.03. The van der Waals surface area contributed by atoms with E-state index in [0.29, 0.717) is 12.1 Å². The maximum atomic E-state index is 12.2. The van der Waals surface area contributed by atoms with Gasteiger partial charge in [0.25, 0.3) is 5.91 Å². The van der Waals surface area contributed by atoms with Crippen LogP contribution in [0.25, 0.3) is 11.3 Å². The molecule has 2 rings (SSSR count). The van der Waals surface area contributed by atoms with Crippen molar-refractivity contribution < 1.29 is 4.79 Å². The summed E-state index contributed by atoms with van der Waals surface area (Å²) in [6, 6.07) is 9.91. The Labute approximate surface area is 119 Å². The second kappa shape index (κ2) is 5.49. The molecule has 106 valence electrons. The fourth-order valence-electron chi connectivity index (χ4n) is 2.15. The molecule has 0 aliphatic carbocycles. The van der Waals surface area contributed by atoms with Gasteiger partial charge in [-0.15, -0.1) is 0 Å². The van der Waals surface area contributed by atoms with E-state index < -0.39 is 0 Å². The average molecular weight is 271 g/mol. The molecule has 0 atom stereocenters. The Hall–Kier alpha value is -2.10. The van der Waals surface area contributed by atoms with Gasteiger partial charge in [-0.25, -0.2) is 0 Å². The first-order chi connectivity index (χ1) is 9.45. The molecule has 1 aromatic heterocycles. The van der Waals surface area contributed by atoms with E-state index in [4.69, 9.17) is 0 Å². The first-order valence-corrected chi connectivity index (χ1v) is 6.87. The molecule has 4 nitrogen and oxygen atoms in total. The summed E-state index contributed by atoms with van der Waals surface area (Å²) in [6.45, 7) is 8.75. The van der Waals surface area contributed by atoms with Crippen molar-refractivity contribution in [2.75, 3.05) is 6.54 Å². The van der Waals surface area contributed by atoms with Crippen LogP contribution in [0.3, 0.4) is 0 Å². The minimum absolute atomic E-state index is 0.0816. The van der Waals surface area contributed by atoms with Crippen LogP contribution in [0.15, 0.2) is 36.5 Å². The molecule has 0 saturated carbocycles. The van der Waals surface area contributed by atoms with Gasteiger partial charge in [0.15, 0.2) is 0 Å². The first-order valence-electron chi connectivity index (χ1n) is 6.87. The molecular weight excluding hydrogens is 250 g/mol. The average Bonchev–Trinajstić information content (AvgIpc) is 2.84. The Morgan fingerprint density at radius 3 is 2.45 bits per heavy atom. The van der Waals surface area contributed by atoms with Gasteiger partial charge in [-0.2, -0.15) is 5.10 Å². The largest absolute Gasteiger partial charge is 0.352 e. The third kappa shape index (κ3) is 2.74. The molecule has 0 aliphatic heterocycles. The van der Waals surface area contributed by atoms with Gasteiger partial charge in [-0.1, -0.05) is 30.3 Å². The van der Waals surface area contributed by atoms with Crippen molar-refractivity contribution in [3.63, 3.8) is 0 Å². The predicted molar refractivity (Wildman–Crippen MR) is 80.7 cm³/mol. The lowest BCUT2D eigenvalue weighted by Gasteiger charge is -2.23. The van der Waals surface area contributed by atoms with Crippen LogP contribution in [-0.4, -0.2) is 22.2 Å². The van der Waals surface area contributed by atoms with Crippen molar-refractivity contribution in [3.8, 4) is 11.3 Å². The fourth-order valence-corrected chi connectivity index (χ4v) is 2.15. The van der Waals surface area contributed by atoms with E-state index >= 15 is 0 Å². The fraction of sp³-hybridized carbons (Fsp3) is 0.375. The van der Waals surface area contributed by atoms with Crippen molar-refractivity contribution in [1.82, 2.24) is 15.1 Å². The highest BCUT2D eigenvalue weighted by atomic mass is 16.1. The normalized spacial score (nSPS) is 11.4. The van der Waals surface area contributed by atoms with Gasteiger partial charge in [-0.3, -0.25) is 9.48 Å². The minimum Gasteiger partial charge on any atom is -0.352 e. The number of rotatable bonds is 3. The molecule has 1 amide bonds. The molecule has 0 unspecified atom stereocenters. The van der Waals surface area contributed by atoms with Gasteiger partial charge in [0, 0.05) is 12.1 Å². The van der Waals surface area contributed by atoms with Crippen LogP contribution in [-0.2, 0) is 5.54 Å². The van der Waals surface area contributed by atoms with Crippen molar-refractivity contribution >= 4 is 5.91 Å². The molecule has 4 heteroatoms. The molecule has 0 saturated heterocycles. The van der Waals surface area contributed by atoms with Crippen molar-refractivity contribution in [2.24, 2.45) is 0 Å². The molecule has 0 spiro atoms. The van der Waals surface area contributed by atoms with Crippen molar-refractivity contribution in [1.29, 1.82) is 0 Å². The lowest BCUT2D eigenvalue weighted by atomic mass is 10.0. The lowest BCUT2D eigenvalue weighted by Crippen LogP contribution is -2.26. The zero-order chi connectivity index (χ0) is 14.8. The molecule has 1 heterocycles. The third-order valence-corrected chi connectivity index (χ3v) is 3.03. The minimum atomic E-state index is -0.185. The van der Waals surface area contributed by atoms with Crippen molar-refractivity contribution in [3.05, 3.63) is 42.1 Å². The summed E-state index contributed by atoms with van der Waals surface area (Å²) in [6.07, 6.45) is 1.65. The molecule has 0 bridgehead atoms. The lowest BCUT2D eigenvalue weighted by molar-refractivity contribution is 0.0956. The standard InChI is InChI=1S/C16H21N3O/c1-5-17-15(20)13-11-18-19(16(2,3)4)14(13)12-9-7-6-8-10-12/h6-11H,5H2,1-4H3,(H,17,20). The highest BCUT2D eigenvalue weighted by molar-refractivity contribution is 5.99. The number of benzene rings is 1. The maximum absolute atomic E-state index is 12.2. The molecule has 0 fully saturated rings. The number of nitrogens with zero attached hydrogens (tertiary/aromatic N) is 2. The van der Waals surface area contributed by atoms with E-state index in [0.717, 1.165) is 11.3 Å². The molecule has 0 radical (unpaired) electrons. The Kier molecular flexibility index (Phi) is 3.93. The van der Waals surface area contributed by atoms with Crippen LogP contribution < -0.4 is 5.32 Å². The summed E-state index contributed by atoms with van der Waals surface area (Å²) in [5, 5.41) is 7.27. The van der Waals surface area contributed by atoms with Gasteiger partial charge >= 0.3 is 0 Å². The maximum Gasteiger partial charge on any atom is 0.255 e. The number of carbonyl (C=O) groups is 1. The SMILES string of the molecule is CCNC(=O)c1cnn(C(C)(C)C)c1-c1ccccc1. The zero-order valence-electron chi connectivity index (χ0n) is 12.5. The summed E-state index contributed by atoms with van der Waals surface area (Å²) in [5.41, 5.74) is 2.30. The topological polar surface area (TPSA) is 46.9 Å². The van der Waals surface area contributed by atoms with Crippen molar-refractivity contribution in [2.45, 2.75) is 33.2 Å². The Morgan fingerprint density at radius 1 is 1.25 bits per heavy atom. The van der Waals surface area contributed by atoms with Gasteiger partial charge in [0.2, 0.25) is 0 Å². The summed E-state index contributed by atoms with van der Waals surface area (Å²) < 4.78 is 1.91. The second-order valence-corrected chi connectivity index (χ2v) is 5.71. The molecule has 1 aromatic carbocycles. The Morgan fingerprint density at radius 2 is 1.90 bits per heavy atom. The first kappa shape index (κ1) is 14.3. The number of aromatic nitrogens is 2. The summed E-state index contributed by atoms with van der Waals surface area (Å²) >= 11 is 0. The zero-order valence-corrected chi connectivity index (χ0v) is 12.5. The van der Waals surface area contributed by atoms with Gasteiger partial charge in [-0.05, 0) is 27.7 Å². The number of carbonyl (C=O) groups excluding carboxylic acids is 1. The van der Waals surface area contributed by atoms with E-state index in [-0.39, 0.29) is 11.4 Å². The molecule has 2 aromatic rings. The van der Waals surface area contributed by atoms with E-state index in [1.54, 1.807) is 6.20 Å². The predicted octanol–water partition coefficient (Wildman–Crippen LogP) is 3.05. The van der Waals surface area contributed by atoms with Gasteiger partial charge in [0.05, 0.1) is 23.0 Å². The van der Waals surface area contributed by atoms with E-state index in [1.165, 1.54) is 0 Å². The van der Waals surface area contributed by atoms with E-state index in [1.807, 2.05) is 41.9 Å². The molecule has 1 N–H and O–H groups in total. The van der Waals surface area contributed by atoms with Crippen LogP contribution in [0.2, 0.25) is 0 Å². The Balaban J connectivity index is 2.61. The van der Waals surface area contributed by atoms with Crippen LogP contribution in [0, 0.1) is 0 Å². The van der Waals surface area contributed by atoms with Crippen LogP contribution in [0.1, 0.15) is 38.1 Å². The summed E-state index contributed by atoms with van der Waals surface area (Å²) in [5.74, 6) is -0.0816. The summed E-state index contributed by atoms with van der Waals surface area (Å²) in [7, 11) is 0. The second-order valence-electron chi connectivity index (χ2n) is 5.71. The Bertz CT molecular complexity index is 594. The number of amides is 1. The molecule has 20 heavy (non-hydrogen) atoms. The molecule has 0 aliphatic rings. The van der Waals surface area contributed by atoms with Crippen LogP contribution >= 0.6 is 0 Å². The monoisotopic (exact) mass is 271 g/mol. The smallest absolute Gasteiger partial charge is 0.255 e. The molecular formula is C16H21N3O.